The van der Waals surface area contributed by atoms with Crippen molar-refractivity contribution in [1.82, 2.24) is 25.0 Å². The topological polar surface area (TPSA) is 58.3 Å². The third kappa shape index (κ3) is 4.51. The highest BCUT2D eigenvalue weighted by Crippen LogP contribution is 2.33. The summed E-state index contributed by atoms with van der Waals surface area (Å²) >= 11 is 0. The molecule has 0 spiro atoms. The molecule has 0 atom stereocenters. The molecular weight excluding hydrogens is 252 g/mol. The Kier molecular flexibility index (Phi) is 5.38. The molecule has 0 aliphatic heterocycles. The number of aryl methyl sites for hydroxylation is 1. The van der Waals surface area contributed by atoms with Crippen LogP contribution in [0.4, 0.5) is 0 Å². The number of guanidine groups is 1. The van der Waals surface area contributed by atoms with Gasteiger partial charge in [-0.1, -0.05) is 12.8 Å². The molecule has 112 valence electrons. The first kappa shape index (κ1) is 14.8. The highest BCUT2D eigenvalue weighted by molar-refractivity contribution is 5.79. The van der Waals surface area contributed by atoms with Crippen molar-refractivity contribution >= 4 is 5.96 Å². The van der Waals surface area contributed by atoms with E-state index in [-0.39, 0.29) is 0 Å². The lowest BCUT2D eigenvalue weighted by Crippen LogP contribution is -2.39. The predicted molar refractivity (Wildman–Crippen MR) is 80.4 cm³/mol. The standard InChI is InChI=1S/C14H26N6/c1-4-15-14(16-9-5-6-12-7-8-12)19(2)10-13-17-11-18-20(13)3/h11-12H,4-10H2,1-3H3,(H,15,16). The van der Waals surface area contributed by atoms with Gasteiger partial charge in [-0.15, -0.1) is 0 Å². The number of aliphatic imine (C=N–C) groups is 1. The van der Waals surface area contributed by atoms with E-state index in [4.69, 9.17) is 4.99 Å². The van der Waals surface area contributed by atoms with E-state index in [1.54, 1.807) is 11.0 Å². The van der Waals surface area contributed by atoms with Crippen molar-refractivity contribution in [2.45, 2.75) is 39.2 Å². The Morgan fingerprint density at radius 2 is 2.35 bits per heavy atom. The van der Waals surface area contributed by atoms with Gasteiger partial charge in [-0.25, -0.2) is 4.98 Å². The molecule has 1 N–H and O–H groups in total. The number of hydrogen-bond donors (Lipinski definition) is 1. The van der Waals surface area contributed by atoms with Crippen molar-refractivity contribution in [1.29, 1.82) is 0 Å². The largest absolute Gasteiger partial charge is 0.357 e. The number of rotatable bonds is 7. The molecule has 0 amide bonds. The first-order valence-electron chi connectivity index (χ1n) is 7.53. The van der Waals surface area contributed by atoms with Crippen LogP contribution >= 0.6 is 0 Å². The lowest BCUT2D eigenvalue weighted by molar-refractivity contribution is 0.448. The molecule has 6 heteroatoms. The molecule has 1 heterocycles. The molecule has 1 aromatic heterocycles. The van der Waals surface area contributed by atoms with Crippen LogP contribution in [0.5, 0.6) is 0 Å². The number of nitrogens with one attached hydrogen (secondary N) is 1. The Hall–Kier alpha value is -1.59. The minimum absolute atomic E-state index is 0.713. The highest BCUT2D eigenvalue weighted by atomic mass is 15.4. The van der Waals surface area contributed by atoms with Gasteiger partial charge in [0, 0.05) is 27.2 Å². The highest BCUT2D eigenvalue weighted by Gasteiger charge is 2.20. The molecule has 0 saturated heterocycles. The maximum Gasteiger partial charge on any atom is 0.194 e. The summed E-state index contributed by atoms with van der Waals surface area (Å²) in [6.45, 7) is 4.59. The van der Waals surface area contributed by atoms with Crippen molar-refractivity contribution in [2.75, 3.05) is 20.1 Å². The monoisotopic (exact) mass is 278 g/mol. The Balaban J connectivity index is 1.84. The molecule has 1 aliphatic rings. The number of aromatic nitrogens is 3. The zero-order valence-corrected chi connectivity index (χ0v) is 12.8. The van der Waals surface area contributed by atoms with Crippen molar-refractivity contribution in [3.05, 3.63) is 12.2 Å². The fourth-order valence-corrected chi connectivity index (χ4v) is 2.19. The molecule has 6 nitrogen and oxygen atoms in total. The van der Waals surface area contributed by atoms with Crippen LogP contribution in [0.2, 0.25) is 0 Å². The average molecular weight is 278 g/mol. The Bertz CT molecular complexity index is 435. The SMILES string of the molecule is CCNC(=NCCCC1CC1)N(C)Cc1ncnn1C. The van der Waals surface area contributed by atoms with E-state index in [2.05, 4.69) is 27.2 Å². The zero-order chi connectivity index (χ0) is 14.4. The van der Waals surface area contributed by atoms with Gasteiger partial charge in [0.1, 0.15) is 12.2 Å². The maximum absolute atomic E-state index is 4.70. The van der Waals surface area contributed by atoms with Gasteiger partial charge in [-0.05, 0) is 25.7 Å². The van der Waals surface area contributed by atoms with E-state index in [9.17, 15) is 0 Å². The van der Waals surface area contributed by atoms with E-state index in [0.717, 1.165) is 30.8 Å². The van der Waals surface area contributed by atoms with Gasteiger partial charge in [-0.2, -0.15) is 5.10 Å². The molecule has 0 unspecified atom stereocenters. The minimum Gasteiger partial charge on any atom is -0.357 e. The molecule has 1 fully saturated rings. The van der Waals surface area contributed by atoms with Gasteiger partial charge < -0.3 is 10.2 Å². The van der Waals surface area contributed by atoms with Gasteiger partial charge in [0.25, 0.3) is 0 Å². The van der Waals surface area contributed by atoms with Crippen LogP contribution in [0.15, 0.2) is 11.3 Å². The van der Waals surface area contributed by atoms with Crippen LogP contribution in [0.1, 0.15) is 38.4 Å². The summed E-state index contributed by atoms with van der Waals surface area (Å²) in [5.41, 5.74) is 0. The third-order valence-corrected chi connectivity index (χ3v) is 3.61. The van der Waals surface area contributed by atoms with Gasteiger partial charge in [0.2, 0.25) is 0 Å². The normalized spacial score (nSPS) is 15.4. The van der Waals surface area contributed by atoms with Gasteiger partial charge in [0.15, 0.2) is 5.96 Å². The summed E-state index contributed by atoms with van der Waals surface area (Å²) in [5, 5.41) is 7.43. The summed E-state index contributed by atoms with van der Waals surface area (Å²) in [6, 6.07) is 0. The summed E-state index contributed by atoms with van der Waals surface area (Å²) in [5.74, 6) is 2.88. The van der Waals surface area contributed by atoms with Crippen LogP contribution in [0, 0.1) is 5.92 Å². The summed E-state index contributed by atoms with van der Waals surface area (Å²) in [6.07, 6.45) is 6.96. The van der Waals surface area contributed by atoms with Crippen LogP contribution in [0.25, 0.3) is 0 Å². The van der Waals surface area contributed by atoms with Crippen molar-refractivity contribution in [2.24, 2.45) is 18.0 Å². The van der Waals surface area contributed by atoms with Crippen LogP contribution in [0.3, 0.4) is 0 Å². The smallest absolute Gasteiger partial charge is 0.194 e. The molecule has 1 aliphatic carbocycles. The summed E-state index contributed by atoms with van der Waals surface area (Å²) < 4.78 is 1.80. The van der Waals surface area contributed by atoms with E-state index >= 15 is 0 Å². The second kappa shape index (κ2) is 7.26. The number of nitrogens with zero attached hydrogens (tertiary/aromatic N) is 5. The van der Waals surface area contributed by atoms with E-state index in [1.165, 1.54) is 25.7 Å². The van der Waals surface area contributed by atoms with Gasteiger partial charge in [0.05, 0.1) is 6.54 Å². The third-order valence-electron chi connectivity index (χ3n) is 3.61. The van der Waals surface area contributed by atoms with Crippen molar-refractivity contribution < 1.29 is 0 Å². The quantitative estimate of drug-likeness (QED) is 0.465. The number of hydrogen-bond acceptors (Lipinski definition) is 3. The van der Waals surface area contributed by atoms with Crippen LogP contribution in [-0.2, 0) is 13.6 Å². The van der Waals surface area contributed by atoms with Gasteiger partial charge >= 0.3 is 0 Å². The lowest BCUT2D eigenvalue weighted by Gasteiger charge is -2.21. The van der Waals surface area contributed by atoms with E-state index in [1.807, 2.05) is 14.1 Å². The zero-order valence-electron chi connectivity index (χ0n) is 12.8. The molecule has 1 aromatic rings. The molecule has 0 bridgehead atoms. The molecular formula is C14H26N6. The summed E-state index contributed by atoms with van der Waals surface area (Å²) in [4.78, 5) is 11.1. The second-order valence-electron chi connectivity index (χ2n) is 5.48. The van der Waals surface area contributed by atoms with Crippen LogP contribution in [-0.4, -0.2) is 45.8 Å². The molecule has 0 aromatic carbocycles. The molecule has 0 radical (unpaired) electrons. The van der Waals surface area contributed by atoms with E-state index in [0.29, 0.717) is 6.54 Å². The second-order valence-corrected chi connectivity index (χ2v) is 5.48. The first-order valence-corrected chi connectivity index (χ1v) is 7.53. The maximum atomic E-state index is 4.70. The fourth-order valence-electron chi connectivity index (χ4n) is 2.19. The van der Waals surface area contributed by atoms with Crippen molar-refractivity contribution in [3.63, 3.8) is 0 Å². The average Bonchev–Trinajstić information content (AvgIpc) is 3.17. The Morgan fingerprint density at radius 3 is 2.95 bits per heavy atom. The van der Waals surface area contributed by atoms with Gasteiger partial charge in [-0.3, -0.25) is 9.67 Å². The Labute approximate surface area is 121 Å². The van der Waals surface area contributed by atoms with Crippen molar-refractivity contribution in [3.8, 4) is 0 Å². The summed E-state index contributed by atoms with van der Waals surface area (Å²) in [7, 11) is 3.95. The fraction of sp³-hybridized carbons (Fsp3) is 0.786. The minimum atomic E-state index is 0.713. The van der Waals surface area contributed by atoms with Crippen LogP contribution < -0.4 is 5.32 Å². The predicted octanol–water partition coefficient (Wildman–Crippen LogP) is 1.40. The first-order chi connectivity index (χ1) is 9.70. The Morgan fingerprint density at radius 1 is 1.55 bits per heavy atom. The molecule has 20 heavy (non-hydrogen) atoms. The van der Waals surface area contributed by atoms with E-state index < -0.39 is 0 Å². The molecule has 2 rings (SSSR count). The lowest BCUT2D eigenvalue weighted by atomic mass is 10.2. The molecule has 1 saturated carbocycles.